The maximum absolute atomic E-state index is 14.1. The second-order valence-corrected chi connectivity index (χ2v) is 11.5. The minimum absolute atomic E-state index is 0.111. The van der Waals surface area contributed by atoms with Gasteiger partial charge < -0.3 is 29.7 Å². The summed E-state index contributed by atoms with van der Waals surface area (Å²) in [5.74, 6) is -0.694. The van der Waals surface area contributed by atoms with Gasteiger partial charge in [0.2, 0.25) is 5.95 Å². The van der Waals surface area contributed by atoms with Crippen molar-refractivity contribution < 1.29 is 31.8 Å². The molecule has 5 heterocycles. The number of carbonyl (C=O) groups excluding carboxylic acids is 1. The number of fused-ring (bicyclic) bond motifs is 2. The van der Waals surface area contributed by atoms with Crippen molar-refractivity contribution in [2.45, 2.75) is 38.6 Å². The standard InChI is InChI=1S/C30H33F3N7O4P/c1-4-43-45-18-19-7-9-25(26(13-19)42-3)38-29-35-16-23(30(31,32)33)27(39-29)37-24-10-8-20(14-22(24)28(41)34-2)21-15-36-40(17-21)11-5-6-12-44-45/h7-10,13-17H,4-6,11-12,18H2,1-3H3,(H,34,41)(H2,35,37,38,39). The predicted molar refractivity (Wildman–Crippen MR) is 165 cm³/mol. The number of rotatable bonds is 4. The molecular weight excluding hydrogens is 610 g/mol. The Labute approximate surface area is 259 Å². The van der Waals surface area contributed by atoms with Gasteiger partial charge in [-0.15, -0.1) is 0 Å². The van der Waals surface area contributed by atoms with Crippen molar-refractivity contribution in [1.29, 1.82) is 0 Å². The lowest BCUT2D eigenvalue weighted by molar-refractivity contribution is -0.137. The number of halogens is 3. The summed E-state index contributed by atoms with van der Waals surface area (Å²) in [5, 5.41) is 12.7. The summed E-state index contributed by atoms with van der Waals surface area (Å²) < 4.78 is 61.6. The number of benzene rings is 2. The lowest BCUT2D eigenvalue weighted by Gasteiger charge is -2.19. The summed E-state index contributed by atoms with van der Waals surface area (Å²) in [5.41, 5.74) is 1.94. The van der Waals surface area contributed by atoms with Gasteiger partial charge in [-0.25, -0.2) is 4.98 Å². The van der Waals surface area contributed by atoms with E-state index >= 15 is 0 Å². The molecule has 3 aliphatic heterocycles. The van der Waals surface area contributed by atoms with E-state index in [9.17, 15) is 18.0 Å². The van der Waals surface area contributed by atoms with Crippen LogP contribution in [0.4, 0.5) is 36.3 Å². The van der Waals surface area contributed by atoms with Crippen molar-refractivity contribution in [3.05, 3.63) is 71.7 Å². The summed E-state index contributed by atoms with van der Waals surface area (Å²) >= 11 is 0. The maximum atomic E-state index is 14.1. The summed E-state index contributed by atoms with van der Waals surface area (Å²) in [4.78, 5) is 21.0. The molecule has 1 amide bonds. The highest BCUT2D eigenvalue weighted by atomic mass is 31.2. The average molecular weight is 644 g/mol. The van der Waals surface area contributed by atoms with Crippen molar-refractivity contribution >= 4 is 37.4 Å². The van der Waals surface area contributed by atoms with Crippen LogP contribution < -0.4 is 20.7 Å². The number of hydrogen-bond acceptors (Lipinski definition) is 9. The Morgan fingerprint density at radius 3 is 2.69 bits per heavy atom. The maximum Gasteiger partial charge on any atom is 0.421 e. The molecule has 11 nitrogen and oxygen atoms in total. The van der Waals surface area contributed by atoms with Gasteiger partial charge in [0, 0.05) is 37.7 Å². The van der Waals surface area contributed by atoms with Crippen LogP contribution in [0, 0.1) is 0 Å². The smallest absolute Gasteiger partial charge is 0.421 e. The SMILES string of the molecule is CCOP1Cc2ccc(c(OC)c2)Nc2ncc(C(F)(F)F)c(n2)Nc2ccc(cc2C(=O)NC)-c2cnn(c2)CCCCO1. The van der Waals surface area contributed by atoms with E-state index in [0.29, 0.717) is 49.1 Å². The van der Waals surface area contributed by atoms with Crippen LogP contribution in [0.15, 0.2) is 55.0 Å². The van der Waals surface area contributed by atoms with Crippen LogP contribution >= 0.6 is 8.38 Å². The van der Waals surface area contributed by atoms with E-state index in [4.69, 9.17) is 13.8 Å². The second-order valence-electron chi connectivity index (χ2n) is 10.0. The molecule has 4 aromatic rings. The number of carbonyl (C=O) groups is 1. The molecule has 15 heteroatoms. The Bertz CT molecular complexity index is 1650. The van der Waals surface area contributed by atoms with Gasteiger partial charge in [-0.2, -0.15) is 23.3 Å². The minimum atomic E-state index is -4.77. The number of nitrogens with zero attached hydrogens (tertiary/aromatic N) is 4. The van der Waals surface area contributed by atoms with Crippen molar-refractivity contribution in [3.63, 3.8) is 0 Å². The van der Waals surface area contributed by atoms with Crippen LogP contribution in [-0.2, 0) is 27.9 Å². The molecule has 0 spiro atoms. The largest absolute Gasteiger partial charge is 0.495 e. The van der Waals surface area contributed by atoms with Crippen molar-refractivity contribution in [1.82, 2.24) is 25.1 Å². The molecule has 2 aromatic heterocycles. The number of anilines is 4. The molecule has 7 rings (SSSR count). The summed E-state index contributed by atoms with van der Waals surface area (Å²) in [6.45, 7) is 3.59. The third kappa shape index (κ3) is 7.88. The van der Waals surface area contributed by atoms with Gasteiger partial charge in [0.25, 0.3) is 5.91 Å². The molecule has 1 atom stereocenters. The first-order valence-electron chi connectivity index (χ1n) is 14.3. The zero-order valence-corrected chi connectivity index (χ0v) is 25.8. The fraction of sp³-hybridized carbons (Fsp3) is 0.333. The number of ether oxygens (including phenoxy) is 1. The van der Waals surface area contributed by atoms with E-state index in [1.807, 2.05) is 25.3 Å². The highest BCUT2D eigenvalue weighted by Crippen LogP contribution is 2.44. The Hall–Kier alpha value is -4.26. The molecule has 0 aliphatic carbocycles. The Morgan fingerprint density at radius 2 is 1.93 bits per heavy atom. The molecule has 0 fully saturated rings. The molecule has 0 saturated heterocycles. The lowest BCUT2D eigenvalue weighted by Crippen LogP contribution is -2.20. The predicted octanol–water partition coefficient (Wildman–Crippen LogP) is 6.87. The average Bonchev–Trinajstić information content (AvgIpc) is 3.49. The molecule has 2 aromatic carbocycles. The fourth-order valence-corrected chi connectivity index (χ4v) is 6.06. The fourth-order valence-electron chi connectivity index (χ4n) is 4.68. The van der Waals surface area contributed by atoms with E-state index in [2.05, 4.69) is 31.0 Å². The van der Waals surface area contributed by atoms with Gasteiger partial charge in [-0.3, -0.25) is 9.48 Å². The highest BCUT2D eigenvalue weighted by molar-refractivity contribution is 7.46. The van der Waals surface area contributed by atoms with E-state index in [1.165, 1.54) is 20.2 Å². The van der Waals surface area contributed by atoms with Gasteiger partial charge in [0.05, 0.1) is 43.5 Å². The first-order valence-corrected chi connectivity index (χ1v) is 15.6. The summed E-state index contributed by atoms with van der Waals surface area (Å²) in [6, 6.07) is 10.2. The topological polar surface area (TPSA) is 124 Å². The van der Waals surface area contributed by atoms with Crippen molar-refractivity contribution in [2.75, 3.05) is 38.0 Å². The van der Waals surface area contributed by atoms with Crippen LogP contribution in [0.1, 0.15) is 41.3 Å². The Kier molecular flexibility index (Phi) is 10.2. The van der Waals surface area contributed by atoms with Gasteiger partial charge in [0.1, 0.15) is 17.1 Å². The first-order chi connectivity index (χ1) is 21.7. The van der Waals surface area contributed by atoms with Crippen LogP contribution in [0.25, 0.3) is 11.1 Å². The number of aryl methyl sites for hydroxylation is 1. The van der Waals surface area contributed by atoms with Gasteiger partial charge in [-0.1, -0.05) is 12.1 Å². The molecule has 238 valence electrons. The Balaban J connectivity index is 1.58. The zero-order valence-electron chi connectivity index (χ0n) is 24.9. The number of aromatic nitrogens is 4. The molecule has 0 radical (unpaired) electrons. The summed E-state index contributed by atoms with van der Waals surface area (Å²) in [6.07, 6.45) is 1.60. The molecule has 0 saturated carbocycles. The first kappa shape index (κ1) is 32.1. The molecular formula is C30H33F3N7O4P. The van der Waals surface area contributed by atoms with Crippen LogP contribution in [-0.4, -0.2) is 53.0 Å². The third-order valence-electron chi connectivity index (χ3n) is 6.92. The lowest BCUT2D eigenvalue weighted by atomic mass is 10.0. The second kappa shape index (κ2) is 14.2. The number of alkyl halides is 3. The van der Waals surface area contributed by atoms with Gasteiger partial charge in [0.15, 0.2) is 8.38 Å². The van der Waals surface area contributed by atoms with E-state index < -0.39 is 31.8 Å². The molecule has 3 aliphatic rings. The summed E-state index contributed by atoms with van der Waals surface area (Å²) in [7, 11) is 1.73. The monoisotopic (exact) mass is 643 g/mol. The number of methoxy groups -OCH3 is 1. The van der Waals surface area contributed by atoms with E-state index in [-0.39, 0.29) is 17.2 Å². The molecule has 3 N–H and O–H groups in total. The van der Waals surface area contributed by atoms with E-state index in [0.717, 1.165) is 24.0 Å². The van der Waals surface area contributed by atoms with Crippen molar-refractivity contribution in [3.8, 4) is 16.9 Å². The molecule has 1 unspecified atom stereocenters. The Morgan fingerprint density at radius 1 is 1.11 bits per heavy atom. The highest BCUT2D eigenvalue weighted by Gasteiger charge is 2.36. The third-order valence-corrected chi connectivity index (χ3v) is 8.56. The van der Waals surface area contributed by atoms with E-state index in [1.54, 1.807) is 29.1 Å². The van der Waals surface area contributed by atoms with Crippen LogP contribution in [0.5, 0.6) is 5.75 Å². The van der Waals surface area contributed by atoms with Crippen LogP contribution in [0.2, 0.25) is 0 Å². The van der Waals surface area contributed by atoms with Gasteiger partial charge >= 0.3 is 6.18 Å². The zero-order chi connectivity index (χ0) is 32.0. The number of nitrogens with one attached hydrogen (secondary N) is 3. The quantitative estimate of drug-likeness (QED) is 0.204. The normalized spacial score (nSPS) is 15.6. The number of amides is 1. The van der Waals surface area contributed by atoms with Crippen molar-refractivity contribution in [2.24, 2.45) is 0 Å². The molecule has 45 heavy (non-hydrogen) atoms. The minimum Gasteiger partial charge on any atom is -0.495 e. The number of hydrogen-bond donors (Lipinski definition) is 3. The molecule has 8 bridgehead atoms. The van der Waals surface area contributed by atoms with Gasteiger partial charge in [-0.05, 0) is 55.2 Å². The van der Waals surface area contributed by atoms with Crippen LogP contribution in [0.3, 0.4) is 0 Å².